The third-order valence-corrected chi connectivity index (χ3v) is 8.10. The minimum atomic E-state index is -4.61. The highest BCUT2D eigenvalue weighted by atomic mass is 19.4. The van der Waals surface area contributed by atoms with Gasteiger partial charge in [0.2, 0.25) is 0 Å². The molecule has 1 aliphatic heterocycles. The number of hydrogen-bond acceptors (Lipinski definition) is 3. The van der Waals surface area contributed by atoms with Crippen LogP contribution >= 0.6 is 0 Å². The number of carbonyl (C=O) groups is 1. The highest BCUT2D eigenvalue weighted by Crippen LogP contribution is 2.42. The lowest BCUT2D eigenvalue weighted by Gasteiger charge is -2.47. The van der Waals surface area contributed by atoms with Crippen LogP contribution in [0.15, 0.2) is 30.3 Å². The molecule has 1 saturated heterocycles. The number of likely N-dealkylation sites (tertiary alicyclic amines) is 1. The molecule has 0 unspecified atom stereocenters. The van der Waals surface area contributed by atoms with Gasteiger partial charge in [-0.15, -0.1) is 0 Å². The molecule has 1 aromatic carbocycles. The predicted octanol–water partition coefficient (Wildman–Crippen LogP) is 5.55. The third-order valence-electron chi connectivity index (χ3n) is 8.10. The Bertz CT molecular complexity index is 1280. The molecular weight excluding hydrogens is 441 g/mol. The molecule has 0 spiro atoms. The molecule has 1 saturated carbocycles. The fourth-order valence-corrected chi connectivity index (χ4v) is 6.43. The van der Waals surface area contributed by atoms with Crippen molar-refractivity contribution in [2.24, 2.45) is 11.8 Å². The van der Waals surface area contributed by atoms with Gasteiger partial charge in [0.25, 0.3) is 5.91 Å². The second-order valence-electron chi connectivity index (χ2n) is 10.0. The number of carbonyl (C=O) groups excluding carboxylic acids is 1. The smallest absolute Gasteiger partial charge is 0.334 e. The van der Waals surface area contributed by atoms with Gasteiger partial charge in [0, 0.05) is 29.8 Å². The van der Waals surface area contributed by atoms with Gasteiger partial charge in [0.05, 0.1) is 5.69 Å². The SMILES string of the molecule is C[C@H]1CCN(C(=O)c2cc3nc4c(c(C(F)(F)F)n3n2)CCc2ccccc2-4)[C@H]2CCCC[C@H]12. The summed E-state index contributed by atoms with van der Waals surface area (Å²) < 4.78 is 43.8. The number of piperidine rings is 1. The molecule has 5 nitrogen and oxygen atoms in total. The number of rotatable bonds is 1. The molecule has 2 fully saturated rings. The van der Waals surface area contributed by atoms with E-state index in [1.807, 2.05) is 29.2 Å². The second kappa shape index (κ2) is 7.82. The molecule has 3 heterocycles. The molecule has 3 aromatic rings. The first kappa shape index (κ1) is 21.6. The van der Waals surface area contributed by atoms with Crippen molar-refractivity contribution >= 4 is 11.6 Å². The Morgan fingerprint density at radius 3 is 2.71 bits per heavy atom. The number of amides is 1. The van der Waals surface area contributed by atoms with E-state index in [0.29, 0.717) is 30.5 Å². The van der Waals surface area contributed by atoms with Gasteiger partial charge in [-0.3, -0.25) is 4.79 Å². The van der Waals surface area contributed by atoms with Crippen molar-refractivity contribution in [3.05, 3.63) is 52.8 Å². The summed E-state index contributed by atoms with van der Waals surface area (Å²) in [4.78, 5) is 20.0. The van der Waals surface area contributed by atoms with Crippen molar-refractivity contribution in [2.45, 2.75) is 64.1 Å². The van der Waals surface area contributed by atoms with Crippen molar-refractivity contribution in [3.63, 3.8) is 0 Å². The summed E-state index contributed by atoms with van der Waals surface area (Å²) in [6, 6.07) is 9.03. The van der Waals surface area contributed by atoms with Crippen LogP contribution in [-0.2, 0) is 19.0 Å². The summed E-state index contributed by atoms with van der Waals surface area (Å²) in [5.41, 5.74) is 1.51. The standard InChI is InChI=1S/C26H27F3N4O/c1-15-12-13-32(21-9-5-4-7-17(15)21)25(34)20-14-22-30-23-18-8-3-2-6-16(18)10-11-19(23)24(26(27,28)29)33(22)31-20/h2-3,6,8,14-15,17,21H,4-5,7,9-13H2,1H3/t15-,17+,21-/m0/s1. The van der Waals surface area contributed by atoms with Gasteiger partial charge in [-0.05, 0) is 49.5 Å². The van der Waals surface area contributed by atoms with E-state index in [1.165, 1.54) is 12.5 Å². The van der Waals surface area contributed by atoms with Crippen molar-refractivity contribution in [3.8, 4) is 11.3 Å². The van der Waals surface area contributed by atoms with E-state index in [9.17, 15) is 18.0 Å². The Morgan fingerprint density at radius 2 is 1.88 bits per heavy atom. The highest BCUT2D eigenvalue weighted by molar-refractivity contribution is 5.94. The van der Waals surface area contributed by atoms with Crippen LogP contribution in [0.25, 0.3) is 16.9 Å². The summed E-state index contributed by atoms with van der Waals surface area (Å²) in [5, 5.41) is 4.22. The lowest BCUT2D eigenvalue weighted by molar-refractivity contribution is -0.143. The van der Waals surface area contributed by atoms with Crippen molar-refractivity contribution in [2.75, 3.05) is 6.54 Å². The molecule has 1 amide bonds. The first-order valence-corrected chi connectivity index (χ1v) is 12.2. The van der Waals surface area contributed by atoms with Crippen molar-refractivity contribution < 1.29 is 18.0 Å². The number of halogens is 3. The molecule has 0 N–H and O–H groups in total. The maximum atomic E-state index is 14.3. The zero-order chi connectivity index (χ0) is 23.6. The molecule has 3 aliphatic rings. The number of aromatic nitrogens is 3. The van der Waals surface area contributed by atoms with Crippen molar-refractivity contribution in [1.29, 1.82) is 0 Å². The van der Waals surface area contributed by atoms with Gasteiger partial charge in [-0.25, -0.2) is 9.50 Å². The molecule has 178 valence electrons. The minimum absolute atomic E-state index is 0.0486. The lowest BCUT2D eigenvalue weighted by atomic mass is 9.72. The number of benzene rings is 1. The van der Waals surface area contributed by atoms with E-state index >= 15 is 0 Å². The van der Waals surface area contributed by atoms with E-state index < -0.39 is 11.9 Å². The maximum absolute atomic E-state index is 14.3. The number of aryl methyl sites for hydroxylation is 1. The number of fused-ring (bicyclic) bond motifs is 5. The van der Waals surface area contributed by atoms with Gasteiger partial charge >= 0.3 is 6.18 Å². The minimum Gasteiger partial charge on any atom is -0.334 e. The van der Waals surface area contributed by atoms with Crippen molar-refractivity contribution in [1.82, 2.24) is 19.5 Å². The molecule has 6 rings (SSSR count). The molecule has 3 atom stereocenters. The van der Waals surface area contributed by atoms with E-state index in [2.05, 4.69) is 17.0 Å². The monoisotopic (exact) mass is 468 g/mol. The van der Waals surface area contributed by atoms with Gasteiger partial charge in [0.1, 0.15) is 0 Å². The summed E-state index contributed by atoms with van der Waals surface area (Å²) in [7, 11) is 0. The van der Waals surface area contributed by atoms with E-state index in [0.717, 1.165) is 41.3 Å². The zero-order valence-corrected chi connectivity index (χ0v) is 19.1. The Hall–Kier alpha value is -2.90. The van der Waals surface area contributed by atoms with Crippen LogP contribution in [0.2, 0.25) is 0 Å². The average molecular weight is 469 g/mol. The number of hydrogen-bond donors (Lipinski definition) is 0. The van der Waals surface area contributed by atoms with Gasteiger partial charge in [-0.2, -0.15) is 18.3 Å². The molecular formula is C26H27F3N4O. The maximum Gasteiger partial charge on any atom is 0.433 e. The molecule has 0 radical (unpaired) electrons. The second-order valence-corrected chi connectivity index (χ2v) is 10.0. The largest absolute Gasteiger partial charge is 0.433 e. The first-order valence-electron chi connectivity index (χ1n) is 12.2. The molecule has 8 heteroatoms. The Morgan fingerprint density at radius 1 is 1.09 bits per heavy atom. The molecule has 34 heavy (non-hydrogen) atoms. The van der Waals surface area contributed by atoms with Crippen LogP contribution in [0.1, 0.15) is 66.3 Å². The van der Waals surface area contributed by atoms with Gasteiger partial charge in [0.15, 0.2) is 17.0 Å². The Labute approximate surface area is 196 Å². The van der Waals surface area contributed by atoms with Crippen LogP contribution in [0, 0.1) is 11.8 Å². The summed E-state index contributed by atoms with van der Waals surface area (Å²) in [6.07, 6.45) is 1.36. The van der Waals surface area contributed by atoms with Crippen LogP contribution in [0.5, 0.6) is 0 Å². The molecule has 2 aliphatic carbocycles. The molecule has 0 bridgehead atoms. The number of nitrogens with zero attached hydrogens (tertiary/aromatic N) is 4. The normalized spacial score (nSPS) is 24.5. The molecule has 2 aromatic heterocycles. The quantitative estimate of drug-likeness (QED) is 0.470. The third kappa shape index (κ3) is 3.33. The lowest BCUT2D eigenvalue weighted by Crippen LogP contribution is -2.52. The first-order chi connectivity index (χ1) is 16.3. The van der Waals surface area contributed by atoms with E-state index in [4.69, 9.17) is 0 Å². The summed E-state index contributed by atoms with van der Waals surface area (Å²) >= 11 is 0. The van der Waals surface area contributed by atoms with Crippen LogP contribution in [0.3, 0.4) is 0 Å². The Balaban J connectivity index is 1.47. The van der Waals surface area contributed by atoms with Gasteiger partial charge in [-0.1, -0.05) is 44.0 Å². The summed E-state index contributed by atoms with van der Waals surface area (Å²) in [6.45, 7) is 2.87. The van der Waals surface area contributed by atoms with Gasteiger partial charge < -0.3 is 4.90 Å². The van der Waals surface area contributed by atoms with Crippen LogP contribution < -0.4 is 0 Å². The highest BCUT2D eigenvalue weighted by Gasteiger charge is 2.42. The van der Waals surface area contributed by atoms with Crippen LogP contribution in [-0.4, -0.2) is 38.0 Å². The Kier molecular flexibility index (Phi) is 4.97. The average Bonchev–Trinajstić information content (AvgIpc) is 3.25. The predicted molar refractivity (Wildman–Crippen MR) is 121 cm³/mol. The fourth-order valence-electron chi connectivity index (χ4n) is 6.43. The topological polar surface area (TPSA) is 50.5 Å². The van der Waals surface area contributed by atoms with Crippen LogP contribution in [0.4, 0.5) is 13.2 Å². The van der Waals surface area contributed by atoms with E-state index in [1.54, 1.807) is 0 Å². The number of alkyl halides is 3. The fraction of sp³-hybridized carbons (Fsp3) is 0.500. The zero-order valence-electron chi connectivity index (χ0n) is 19.1. The van der Waals surface area contributed by atoms with E-state index in [-0.39, 0.29) is 35.3 Å². The summed E-state index contributed by atoms with van der Waals surface area (Å²) in [5.74, 6) is 0.734.